The summed E-state index contributed by atoms with van der Waals surface area (Å²) in [5.74, 6) is -5.46. The largest absolute Gasteiger partial charge is 0.477 e. The van der Waals surface area contributed by atoms with Crippen LogP contribution in [0.25, 0.3) is 0 Å². The van der Waals surface area contributed by atoms with Crippen LogP contribution in [-0.4, -0.2) is 41.6 Å². The highest BCUT2D eigenvalue weighted by molar-refractivity contribution is 7.14. The molecule has 1 aromatic heterocycles. The number of carbonyl (C=O) groups excluding carboxylic acids is 1. The number of carboxylic acids is 1. The van der Waals surface area contributed by atoms with E-state index < -0.39 is 29.0 Å². The molecule has 1 saturated heterocycles. The first-order valence-electron chi connectivity index (χ1n) is 9.21. The van der Waals surface area contributed by atoms with Crippen LogP contribution < -0.4 is 0 Å². The van der Waals surface area contributed by atoms with Gasteiger partial charge >= 0.3 is 5.97 Å². The number of benzene rings is 1. The molecule has 0 aliphatic carbocycles. The summed E-state index contributed by atoms with van der Waals surface area (Å²) >= 11 is 1.22. The summed E-state index contributed by atoms with van der Waals surface area (Å²) in [6.45, 7) is 1.25. The van der Waals surface area contributed by atoms with Crippen molar-refractivity contribution in [2.24, 2.45) is 0 Å². The Balaban J connectivity index is 1.46. The van der Waals surface area contributed by atoms with E-state index in [-0.39, 0.29) is 22.8 Å². The van der Waals surface area contributed by atoms with E-state index in [2.05, 4.69) is 0 Å². The summed E-state index contributed by atoms with van der Waals surface area (Å²) in [7, 11) is 0. The molecule has 9 heteroatoms. The number of fused-ring (bicyclic) bond motifs is 2. The molecule has 0 bridgehead atoms. The zero-order chi connectivity index (χ0) is 20.8. The van der Waals surface area contributed by atoms with Gasteiger partial charge in [0, 0.05) is 18.0 Å². The topological polar surface area (TPSA) is 66.8 Å². The van der Waals surface area contributed by atoms with Gasteiger partial charge in [-0.25, -0.2) is 18.0 Å². The van der Waals surface area contributed by atoms with Crippen LogP contribution in [0.1, 0.15) is 38.5 Å². The maximum absolute atomic E-state index is 13.4. The Kier molecular flexibility index (Phi) is 5.12. The van der Waals surface area contributed by atoms with E-state index in [1.807, 2.05) is 0 Å². The number of aromatic carboxylic acids is 1. The molecular weight excluding hydrogens is 407 g/mol. The molecule has 154 valence electrons. The number of halogens is 3. The number of hydrogen-bond donors (Lipinski definition) is 1. The molecule has 5 nitrogen and oxygen atoms in total. The number of rotatable bonds is 3. The Hall–Kier alpha value is -2.39. The molecule has 1 N–H and O–H groups in total. The van der Waals surface area contributed by atoms with E-state index in [1.165, 1.54) is 11.3 Å². The Morgan fingerprint density at radius 3 is 2.41 bits per heavy atom. The monoisotopic (exact) mass is 425 g/mol. The first-order valence-corrected chi connectivity index (χ1v) is 10.0. The van der Waals surface area contributed by atoms with Gasteiger partial charge in [0.1, 0.15) is 10.5 Å². The summed E-state index contributed by atoms with van der Waals surface area (Å²) < 4.78 is 45.9. The highest BCUT2D eigenvalue weighted by Crippen LogP contribution is 2.45. The van der Waals surface area contributed by atoms with Crippen LogP contribution in [0.5, 0.6) is 0 Å². The predicted octanol–water partition coefficient (Wildman–Crippen LogP) is 3.50. The number of likely N-dealkylation sites (tertiary alicyclic amines) is 1. The molecule has 2 aliphatic heterocycles. The lowest BCUT2D eigenvalue weighted by atomic mass is 9.85. The summed E-state index contributed by atoms with van der Waals surface area (Å²) in [6.07, 6.45) is 1.45. The minimum absolute atomic E-state index is 0.0762. The Bertz CT molecular complexity index is 959. The third-order valence-electron chi connectivity index (χ3n) is 5.51. The Labute approximate surface area is 168 Å². The van der Waals surface area contributed by atoms with Crippen molar-refractivity contribution in [3.63, 3.8) is 0 Å². The quantitative estimate of drug-likeness (QED) is 0.765. The van der Waals surface area contributed by atoms with Gasteiger partial charge < -0.3 is 14.7 Å². The van der Waals surface area contributed by atoms with Crippen LogP contribution in [0.2, 0.25) is 0 Å². The van der Waals surface area contributed by atoms with E-state index in [1.54, 1.807) is 11.0 Å². The van der Waals surface area contributed by atoms with Crippen LogP contribution >= 0.6 is 11.3 Å². The van der Waals surface area contributed by atoms with Crippen LogP contribution in [0.3, 0.4) is 0 Å². The molecule has 2 aromatic rings. The number of thiophene rings is 1. The second-order valence-electron chi connectivity index (χ2n) is 7.29. The van der Waals surface area contributed by atoms with E-state index >= 15 is 0 Å². The fourth-order valence-electron chi connectivity index (χ4n) is 4.01. The van der Waals surface area contributed by atoms with Crippen LogP contribution in [0, 0.1) is 17.5 Å². The highest BCUT2D eigenvalue weighted by atomic mass is 32.1. The van der Waals surface area contributed by atoms with E-state index in [0.717, 1.165) is 22.6 Å². The number of nitrogens with zero attached hydrogens (tertiary/aromatic N) is 1. The number of piperidine rings is 1. The first-order chi connectivity index (χ1) is 13.8. The second kappa shape index (κ2) is 7.46. The molecule has 0 saturated carbocycles. The van der Waals surface area contributed by atoms with Crippen molar-refractivity contribution in [3.8, 4) is 0 Å². The average Bonchev–Trinajstić information content (AvgIpc) is 3.13. The standard InChI is InChI=1S/C20H18F3NO4S/c21-13-7-11(8-14(22)17(13)23)9-16(25)24-4-2-20(3-5-24)18-12(1-6-28-20)10-15(29-18)19(26)27/h7-8,10H,1-6,9H2,(H,26,27). The number of hydrogen-bond acceptors (Lipinski definition) is 4. The maximum atomic E-state index is 13.4. The zero-order valence-corrected chi connectivity index (χ0v) is 16.2. The lowest BCUT2D eigenvalue weighted by Gasteiger charge is -2.43. The van der Waals surface area contributed by atoms with Crippen molar-refractivity contribution < 1.29 is 32.6 Å². The van der Waals surface area contributed by atoms with Crippen molar-refractivity contribution in [2.75, 3.05) is 19.7 Å². The van der Waals surface area contributed by atoms with Gasteiger partial charge in [0.05, 0.1) is 13.0 Å². The SMILES string of the molecule is O=C(O)c1cc2c(s1)C1(CCN(C(=O)Cc3cc(F)c(F)c(F)c3)CC1)OCC2. The van der Waals surface area contributed by atoms with Gasteiger partial charge in [0.25, 0.3) is 0 Å². The lowest BCUT2D eigenvalue weighted by Crippen LogP contribution is -2.48. The van der Waals surface area contributed by atoms with Crippen molar-refractivity contribution in [1.82, 2.24) is 4.90 Å². The van der Waals surface area contributed by atoms with Gasteiger partial charge in [-0.2, -0.15) is 0 Å². The molecule has 0 atom stereocenters. The summed E-state index contributed by atoms with van der Waals surface area (Å²) in [4.78, 5) is 26.7. The maximum Gasteiger partial charge on any atom is 0.345 e. The molecule has 1 amide bonds. The molecule has 1 fully saturated rings. The van der Waals surface area contributed by atoms with Crippen molar-refractivity contribution in [1.29, 1.82) is 0 Å². The van der Waals surface area contributed by atoms with Crippen molar-refractivity contribution >= 4 is 23.2 Å². The molecule has 0 unspecified atom stereocenters. The van der Waals surface area contributed by atoms with Gasteiger partial charge in [-0.3, -0.25) is 4.79 Å². The normalized spacial score (nSPS) is 18.0. The highest BCUT2D eigenvalue weighted by Gasteiger charge is 2.43. The third-order valence-corrected chi connectivity index (χ3v) is 6.86. The number of ether oxygens (including phenoxy) is 1. The van der Waals surface area contributed by atoms with Crippen LogP contribution in [-0.2, 0) is 28.0 Å². The molecule has 3 heterocycles. The van der Waals surface area contributed by atoms with Crippen molar-refractivity contribution in [3.05, 3.63) is 56.5 Å². The van der Waals surface area contributed by atoms with Gasteiger partial charge in [-0.1, -0.05) is 0 Å². The summed E-state index contributed by atoms with van der Waals surface area (Å²) in [5.41, 5.74) is 0.458. The van der Waals surface area contributed by atoms with Gasteiger partial charge in [-0.05, 0) is 48.6 Å². The van der Waals surface area contributed by atoms with Gasteiger partial charge in [0.2, 0.25) is 5.91 Å². The van der Waals surface area contributed by atoms with E-state index in [4.69, 9.17) is 4.74 Å². The number of carbonyl (C=O) groups is 2. The van der Waals surface area contributed by atoms with Crippen molar-refractivity contribution in [2.45, 2.75) is 31.3 Å². The molecule has 1 aromatic carbocycles. The summed E-state index contributed by atoms with van der Waals surface area (Å²) in [6, 6.07) is 3.36. The average molecular weight is 425 g/mol. The smallest absolute Gasteiger partial charge is 0.345 e. The Morgan fingerprint density at radius 1 is 1.14 bits per heavy atom. The first kappa shape index (κ1) is 19.9. The molecule has 4 rings (SSSR count). The van der Waals surface area contributed by atoms with Gasteiger partial charge in [-0.15, -0.1) is 11.3 Å². The fourth-order valence-corrected chi connectivity index (χ4v) is 5.26. The Morgan fingerprint density at radius 2 is 1.79 bits per heavy atom. The molecule has 2 aliphatic rings. The molecule has 0 radical (unpaired) electrons. The lowest BCUT2D eigenvalue weighted by molar-refractivity contribution is -0.139. The molecule has 1 spiro atoms. The summed E-state index contributed by atoms with van der Waals surface area (Å²) in [5, 5.41) is 9.27. The van der Waals surface area contributed by atoms with E-state index in [9.17, 15) is 27.9 Å². The third kappa shape index (κ3) is 3.64. The number of amides is 1. The van der Waals surface area contributed by atoms with Crippen LogP contribution in [0.15, 0.2) is 18.2 Å². The minimum atomic E-state index is -1.55. The molecular formula is C20H18F3NO4S. The minimum Gasteiger partial charge on any atom is -0.477 e. The number of carboxylic acid groups (broad SMARTS) is 1. The predicted molar refractivity (Wildman–Crippen MR) is 98.4 cm³/mol. The van der Waals surface area contributed by atoms with Crippen LogP contribution in [0.4, 0.5) is 13.2 Å². The fraction of sp³-hybridized carbons (Fsp3) is 0.400. The second-order valence-corrected chi connectivity index (χ2v) is 8.35. The van der Waals surface area contributed by atoms with E-state index in [0.29, 0.717) is 39.0 Å². The van der Waals surface area contributed by atoms with Gasteiger partial charge in [0.15, 0.2) is 17.5 Å². The molecule has 29 heavy (non-hydrogen) atoms. The zero-order valence-electron chi connectivity index (χ0n) is 15.3.